The van der Waals surface area contributed by atoms with E-state index < -0.39 is 6.61 Å². The Morgan fingerprint density at radius 3 is 2.48 bits per heavy atom. The molecule has 0 fully saturated rings. The number of aromatic nitrogens is 1. The fourth-order valence-corrected chi connectivity index (χ4v) is 3.54. The Hall–Kier alpha value is -1.49. The minimum absolute atomic E-state index is 0. The van der Waals surface area contributed by atoms with Gasteiger partial charge >= 0.3 is 6.61 Å². The number of nitrogens with zero attached hydrogens (tertiary/aromatic N) is 3. The molecule has 0 aliphatic rings. The summed E-state index contributed by atoms with van der Waals surface area (Å²) in [5.74, 6) is 0.931. The molecule has 1 aromatic carbocycles. The predicted octanol–water partition coefficient (Wildman–Crippen LogP) is 4.23. The summed E-state index contributed by atoms with van der Waals surface area (Å²) in [6, 6.07) is 6.62. The van der Waals surface area contributed by atoms with Gasteiger partial charge in [-0.2, -0.15) is 8.78 Å². The summed E-state index contributed by atoms with van der Waals surface area (Å²) >= 11 is 1.72. The zero-order chi connectivity index (χ0) is 19.1. The molecule has 150 valence electrons. The third-order valence-corrected chi connectivity index (χ3v) is 4.91. The number of aryl methyl sites for hydroxylation is 2. The van der Waals surface area contributed by atoms with Crippen LogP contribution >= 0.6 is 35.3 Å². The summed E-state index contributed by atoms with van der Waals surface area (Å²) in [7, 11) is 3.67. The fourth-order valence-electron chi connectivity index (χ4n) is 2.60. The number of halogens is 3. The molecule has 27 heavy (non-hydrogen) atoms. The van der Waals surface area contributed by atoms with E-state index in [2.05, 4.69) is 20.0 Å². The van der Waals surface area contributed by atoms with Crippen LogP contribution in [0.5, 0.6) is 5.75 Å². The molecule has 0 aliphatic heterocycles. The number of nitrogens with one attached hydrogen (secondary N) is 1. The lowest BCUT2D eigenvalue weighted by molar-refractivity contribution is -0.0498. The Labute approximate surface area is 179 Å². The van der Waals surface area contributed by atoms with Crippen molar-refractivity contribution < 1.29 is 13.5 Å². The molecule has 1 heterocycles. The van der Waals surface area contributed by atoms with Crippen LogP contribution in [0.4, 0.5) is 8.78 Å². The summed E-state index contributed by atoms with van der Waals surface area (Å²) in [6.45, 7) is 2.60. The van der Waals surface area contributed by atoms with Crippen molar-refractivity contribution >= 4 is 41.3 Å². The molecule has 0 aliphatic carbocycles. The van der Waals surface area contributed by atoms with Crippen LogP contribution in [0.3, 0.4) is 0 Å². The first kappa shape index (κ1) is 23.5. The van der Waals surface area contributed by atoms with Crippen molar-refractivity contribution in [2.75, 3.05) is 20.6 Å². The molecule has 0 spiro atoms. The first-order chi connectivity index (χ1) is 12.4. The van der Waals surface area contributed by atoms with E-state index in [4.69, 9.17) is 0 Å². The van der Waals surface area contributed by atoms with E-state index in [0.717, 1.165) is 35.2 Å². The van der Waals surface area contributed by atoms with Crippen molar-refractivity contribution in [1.82, 2.24) is 15.2 Å². The second-order valence-electron chi connectivity index (χ2n) is 5.84. The van der Waals surface area contributed by atoms with Gasteiger partial charge in [-0.05, 0) is 31.5 Å². The molecular formula is C18H25F2IN4OS. The Morgan fingerprint density at radius 2 is 1.96 bits per heavy atom. The van der Waals surface area contributed by atoms with Gasteiger partial charge in [0.05, 0.1) is 10.7 Å². The number of thiazole rings is 1. The van der Waals surface area contributed by atoms with Crippen LogP contribution in [0.15, 0.2) is 29.3 Å². The topological polar surface area (TPSA) is 49.8 Å². The number of guanidine groups is 1. The van der Waals surface area contributed by atoms with Gasteiger partial charge in [-0.25, -0.2) is 4.98 Å². The van der Waals surface area contributed by atoms with E-state index in [1.807, 2.05) is 25.8 Å². The normalized spacial score (nSPS) is 11.3. The maximum atomic E-state index is 12.2. The number of hydrogen-bond donors (Lipinski definition) is 1. The summed E-state index contributed by atoms with van der Waals surface area (Å²) in [6.07, 6.45) is 0.893. The van der Waals surface area contributed by atoms with Crippen molar-refractivity contribution in [3.05, 3.63) is 45.4 Å². The van der Waals surface area contributed by atoms with E-state index in [9.17, 15) is 8.78 Å². The molecular weight excluding hydrogens is 485 g/mol. The van der Waals surface area contributed by atoms with Gasteiger partial charge in [0, 0.05) is 38.5 Å². The molecule has 0 saturated heterocycles. The molecule has 5 nitrogen and oxygen atoms in total. The zero-order valence-electron chi connectivity index (χ0n) is 15.8. The standard InChI is InChI=1S/C18H24F2N4OS.HI/c1-12-16(26-13(2)23-12)9-10-22-18(21-3)24(4)11-14-5-7-15(8-6-14)25-17(19)20;/h5-8,17H,9-11H2,1-4H3,(H,21,22);1H. The molecule has 2 rings (SSSR count). The zero-order valence-corrected chi connectivity index (χ0v) is 19.0. The van der Waals surface area contributed by atoms with Gasteiger partial charge in [0.25, 0.3) is 0 Å². The number of hydrogen-bond acceptors (Lipinski definition) is 4. The monoisotopic (exact) mass is 510 g/mol. The van der Waals surface area contributed by atoms with Crippen LogP contribution in [0, 0.1) is 13.8 Å². The fraction of sp³-hybridized carbons (Fsp3) is 0.444. The highest BCUT2D eigenvalue weighted by Crippen LogP contribution is 2.17. The molecule has 0 unspecified atom stereocenters. The molecule has 0 saturated carbocycles. The Balaban J connectivity index is 0.00000364. The van der Waals surface area contributed by atoms with Crippen molar-refractivity contribution in [2.45, 2.75) is 33.4 Å². The SMILES string of the molecule is CN=C(NCCc1sc(C)nc1C)N(C)Cc1ccc(OC(F)F)cc1.I. The predicted molar refractivity (Wildman–Crippen MR) is 117 cm³/mol. The van der Waals surface area contributed by atoms with Crippen LogP contribution < -0.4 is 10.1 Å². The Kier molecular flexibility index (Phi) is 9.92. The van der Waals surface area contributed by atoms with Crippen molar-refractivity contribution in [2.24, 2.45) is 4.99 Å². The molecule has 0 amide bonds. The highest BCUT2D eigenvalue weighted by Gasteiger charge is 2.09. The van der Waals surface area contributed by atoms with Crippen LogP contribution in [0.25, 0.3) is 0 Å². The van der Waals surface area contributed by atoms with Crippen molar-refractivity contribution in [1.29, 1.82) is 0 Å². The molecule has 1 N–H and O–H groups in total. The molecule has 2 aromatic rings. The number of alkyl halides is 2. The first-order valence-electron chi connectivity index (χ1n) is 8.27. The summed E-state index contributed by atoms with van der Waals surface area (Å²) < 4.78 is 28.7. The quantitative estimate of drug-likeness (QED) is 0.344. The second-order valence-corrected chi connectivity index (χ2v) is 7.13. The Bertz CT molecular complexity index is 737. The summed E-state index contributed by atoms with van der Waals surface area (Å²) in [5, 5.41) is 4.42. The molecule has 0 atom stereocenters. The van der Waals surface area contributed by atoms with E-state index in [0.29, 0.717) is 6.54 Å². The van der Waals surface area contributed by atoms with E-state index in [1.165, 1.54) is 4.88 Å². The van der Waals surface area contributed by atoms with Gasteiger partial charge in [-0.1, -0.05) is 12.1 Å². The Morgan fingerprint density at radius 1 is 1.30 bits per heavy atom. The number of benzene rings is 1. The van der Waals surface area contributed by atoms with Crippen molar-refractivity contribution in [3.8, 4) is 5.75 Å². The lowest BCUT2D eigenvalue weighted by atomic mass is 10.2. The maximum absolute atomic E-state index is 12.2. The smallest absolute Gasteiger partial charge is 0.387 e. The average molecular weight is 510 g/mol. The third-order valence-electron chi connectivity index (χ3n) is 3.78. The van der Waals surface area contributed by atoms with Crippen LogP contribution in [-0.2, 0) is 13.0 Å². The van der Waals surface area contributed by atoms with Gasteiger partial charge in [0.1, 0.15) is 5.75 Å². The maximum Gasteiger partial charge on any atom is 0.387 e. The van der Waals surface area contributed by atoms with Crippen LogP contribution in [-0.4, -0.2) is 43.1 Å². The molecule has 0 bridgehead atoms. The number of rotatable bonds is 7. The van der Waals surface area contributed by atoms with Crippen molar-refractivity contribution in [3.63, 3.8) is 0 Å². The van der Waals surface area contributed by atoms with Crippen LogP contribution in [0.1, 0.15) is 21.1 Å². The van der Waals surface area contributed by atoms with E-state index in [1.54, 1.807) is 42.6 Å². The largest absolute Gasteiger partial charge is 0.435 e. The van der Waals surface area contributed by atoms with Gasteiger partial charge in [-0.15, -0.1) is 35.3 Å². The average Bonchev–Trinajstić information content (AvgIpc) is 2.90. The molecule has 9 heteroatoms. The van der Waals surface area contributed by atoms with E-state index >= 15 is 0 Å². The van der Waals surface area contributed by atoms with Gasteiger partial charge in [0.15, 0.2) is 5.96 Å². The van der Waals surface area contributed by atoms with Gasteiger partial charge in [0.2, 0.25) is 0 Å². The van der Waals surface area contributed by atoms with Crippen LogP contribution in [0.2, 0.25) is 0 Å². The molecule has 1 aromatic heterocycles. The summed E-state index contributed by atoms with van der Waals surface area (Å²) in [5.41, 5.74) is 2.06. The highest BCUT2D eigenvalue weighted by atomic mass is 127. The highest BCUT2D eigenvalue weighted by molar-refractivity contribution is 14.0. The minimum atomic E-state index is -2.81. The number of ether oxygens (including phenoxy) is 1. The first-order valence-corrected chi connectivity index (χ1v) is 9.09. The lowest BCUT2D eigenvalue weighted by Gasteiger charge is -2.22. The minimum Gasteiger partial charge on any atom is -0.435 e. The molecule has 0 radical (unpaired) electrons. The summed E-state index contributed by atoms with van der Waals surface area (Å²) in [4.78, 5) is 12.0. The second kappa shape index (κ2) is 11.4. The van der Waals surface area contributed by atoms with Gasteiger partial charge < -0.3 is 15.0 Å². The lowest BCUT2D eigenvalue weighted by Crippen LogP contribution is -2.39. The third kappa shape index (κ3) is 7.57. The number of aliphatic imine (C=N–C) groups is 1. The van der Waals surface area contributed by atoms with Gasteiger partial charge in [-0.3, -0.25) is 4.99 Å². The van der Waals surface area contributed by atoms with E-state index in [-0.39, 0.29) is 29.7 Å².